The second kappa shape index (κ2) is 29.5. The predicted octanol–water partition coefficient (Wildman–Crippen LogP) is 6.10. The summed E-state index contributed by atoms with van der Waals surface area (Å²) in [4.78, 5) is 54.4. The minimum Gasteiger partial charge on any atom is -0.465 e. The fourth-order valence-electron chi connectivity index (χ4n) is 5.15. The molecule has 5 N–H and O–H groups in total. The number of hydrogen-bond donors (Lipinski definition) is 3. The van der Waals surface area contributed by atoms with Gasteiger partial charge < -0.3 is 31.0 Å². The van der Waals surface area contributed by atoms with E-state index < -0.39 is 12.0 Å². The van der Waals surface area contributed by atoms with Crippen molar-refractivity contribution in [2.45, 2.75) is 156 Å². The molecule has 3 unspecified atom stereocenters. The molecule has 0 saturated carbocycles. The number of nitrogens with one attached hydrogen (secondary N) is 1. The van der Waals surface area contributed by atoms with Crippen LogP contribution in [-0.2, 0) is 33.4 Å². The zero-order valence-corrected chi connectivity index (χ0v) is 29.5. The molecule has 46 heavy (non-hydrogen) atoms. The molecule has 0 aromatic heterocycles. The second-order valence-electron chi connectivity index (χ2n) is 12.2. The summed E-state index contributed by atoms with van der Waals surface area (Å²) in [7, 11) is 0. The minimum atomic E-state index is -0.921. The first-order valence-electron chi connectivity index (χ1n) is 18.0. The highest BCUT2D eigenvalue weighted by atomic mass is 16.5. The molecule has 0 saturated heterocycles. The van der Waals surface area contributed by atoms with E-state index in [1.54, 1.807) is 0 Å². The van der Waals surface area contributed by atoms with Crippen LogP contribution in [0.25, 0.3) is 0 Å². The quantitative estimate of drug-likeness (QED) is 0.0272. The van der Waals surface area contributed by atoms with Crippen LogP contribution in [0, 0.1) is 11.8 Å². The predicted molar refractivity (Wildman–Crippen MR) is 183 cm³/mol. The molecule has 0 aromatic carbocycles. The van der Waals surface area contributed by atoms with Crippen LogP contribution >= 0.6 is 0 Å². The number of amides is 1. The fourth-order valence-corrected chi connectivity index (χ4v) is 5.15. The van der Waals surface area contributed by atoms with Gasteiger partial charge in [0.2, 0.25) is 5.91 Å². The molecule has 0 rings (SSSR count). The molecule has 0 aliphatic rings. The molecular formula is C35H66N4O7. The highest BCUT2D eigenvalue weighted by Crippen LogP contribution is 2.20. The van der Waals surface area contributed by atoms with Crippen molar-refractivity contribution >= 4 is 29.8 Å². The van der Waals surface area contributed by atoms with E-state index in [0.717, 1.165) is 83.5 Å². The largest absolute Gasteiger partial charge is 0.465 e. The van der Waals surface area contributed by atoms with E-state index in [1.165, 1.54) is 6.42 Å². The van der Waals surface area contributed by atoms with Crippen LogP contribution in [0.5, 0.6) is 0 Å². The van der Waals surface area contributed by atoms with Crippen LogP contribution in [0.1, 0.15) is 150 Å². The summed E-state index contributed by atoms with van der Waals surface area (Å²) >= 11 is 0. The first-order chi connectivity index (χ1) is 22.2. The van der Waals surface area contributed by atoms with Crippen LogP contribution in [-0.4, -0.2) is 62.2 Å². The maximum atomic E-state index is 12.8. The van der Waals surface area contributed by atoms with Gasteiger partial charge in [0.05, 0.1) is 31.7 Å². The monoisotopic (exact) mass is 654 g/mol. The lowest BCUT2D eigenvalue weighted by Crippen LogP contribution is -2.42. The fraction of sp³-hybridized carbons (Fsp3) is 0.857. The van der Waals surface area contributed by atoms with E-state index in [0.29, 0.717) is 19.3 Å². The van der Waals surface area contributed by atoms with E-state index in [-0.39, 0.29) is 74.8 Å². The van der Waals surface area contributed by atoms with Gasteiger partial charge in [-0.05, 0) is 51.4 Å². The summed E-state index contributed by atoms with van der Waals surface area (Å²) in [6, 6.07) is -0.921. The summed E-state index contributed by atoms with van der Waals surface area (Å²) in [6.07, 6.45) is 15.7. The number of nitrogens with two attached hydrogens (primary N) is 2. The Hall–Kier alpha value is -2.85. The van der Waals surface area contributed by atoms with Crippen molar-refractivity contribution in [3.05, 3.63) is 0 Å². The van der Waals surface area contributed by atoms with E-state index in [4.69, 9.17) is 25.7 Å². The summed E-state index contributed by atoms with van der Waals surface area (Å²) in [5.74, 6) is -1.53. The summed E-state index contributed by atoms with van der Waals surface area (Å²) in [5.41, 5.74) is 10.8. The molecule has 1 amide bonds. The molecule has 0 bridgehead atoms. The summed E-state index contributed by atoms with van der Waals surface area (Å²) in [5, 5.41) is 2.70. The number of carbonyl (C=O) groups is 4. The molecule has 3 atom stereocenters. The van der Waals surface area contributed by atoms with Gasteiger partial charge in [0.25, 0.3) is 0 Å². The van der Waals surface area contributed by atoms with Gasteiger partial charge in [0.15, 0.2) is 5.96 Å². The van der Waals surface area contributed by atoms with Gasteiger partial charge in [0.1, 0.15) is 6.04 Å². The van der Waals surface area contributed by atoms with Gasteiger partial charge in [0, 0.05) is 13.0 Å². The van der Waals surface area contributed by atoms with Crippen molar-refractivity contribution in [2.24, 2.45) is 28.3 Å². The Balaban J connectivity index is 4.62. The van der Waals surface area contributed by atoms with Crippen LogP contribution < -0.4 is 16.8 Å². The number of esters is 3. The maximum Gasteiger partial charge on any atom is 0.328 e. The molecule has 0 fully saturated rings. The van der Waals surface area contributed by atoms with Gasteiger partial charge >= 0.3 is 17.9 Å². The summed E-state index contributed by atoms with van der Waals surface area (Å²) < 4.78 is 16.4. The van der Waals surface area contributed by atoms with Gasteiger partial charge in [-0.2, -0.15) is 0 Å². The molecule has 0 aromatic rings. The molecule has 11 heteroatoms. The standard InChI is InChI=1S/C35H66N4O7/c1-5-9-12-14-21-29(19-11-7-3)33(42)44-25-15-16-26-46-34(43)30(23-24-38-35(36)37)39-31(40)22-17-27-45-32(41)28(18-8-4)20-13-10-6-2/h28-30H,5-27H2,1-4H3,(H,39,40)(H4,36,37,38). The van der Waals surface area contributed by atoms with Crippen molar-refractivity contribution < 1.29 is 33.4 Å². The number of hydrogen-bond acceptors (Lipinski definition) is 8. The highest BCUT2D eigenvalue weighted by Gasteiger charge is 2.23. The van der Waals surface area contributed by atoms with E-state index in [2.05, 4.69) is 38.0 Å². The topological polar surface area (TPSA) is 172 Å². The number of aliphatic imine (C=N–C) groups is 1. The van der Waals surface area contributed by atoms with E-state index in [9.17, 15) is 19.2 Å². The van der Waals surface area contributed by atoms with Crippen molar-refractivity contribution in [1.29, 1.82) is 0 Å². The number of unbranched alkanes of at least 4 members (excludes halogenated alkanes) is 7. The molecule has 268 valence electrons. The lowest BCUT2D eigenvalue weighted by Gasteiger charge is -2.18. The second-order valence-corrected chi connectivity index (χ2v) is 12.2. The Morgan fingerprint density at radius 1 is 0.565 bits per heavy atom. The highest BCUT2D eigenvalue weighted by molar-refractivity contribution is 5.84. The van der Waals surface area contributed by atoms with Crippen LogP contribution in [0.3, 0.4) is 0 Å². The Bertz CT molecular complexity index is 849. The Morgan fingerprint density at radius 3 is 1.63 bits per heavy atom. The van der Waals surface area contributed by atoms with Crippen LogP contribution in [0.15, 0.2) is 4.99 Å². The third-order valence-corrected chi connectivity index (χ3v) is 7.92. The number of carbonyl (C=O) groups excluding carboxylic acids is 4. The third-order valence-electron chi connectivity index (χ3n) is 7.92. The average Bonchev–Trinajstić information content (AvgIpc) is 3.03. The van der Waals surface area contributed by atoms with Crippen molar-refractivity contribution in [3.8, 4) is 0 Å². The smallest absolute Gasteiger partial charge is 0.328 e. The van der Waals surface area contributed by atoms with Crippen LogP contribution in [0.2, 0.25) is 0 Å². The van der Waals surface area contributed by atoms with Crippen molar-refractivity contribution in [2.75, 3.05) is 26.4 Å². The SMILES string of the molecule is CCCCCCC(CCCC)C(=O)OCCCCOC(=O)C(CCN=C(N)N)NC(=O)CCCOC(=O)C(CCC)CCCCC. The maximum absolute atomic E-state index is 12.8. The van der Waals surface area contributed by atoms with Gasteiger partial charge in [-0.25, -0.2) is 4.79 Å². The molecular weight excluding hydrogens is 588 g/mol. The Labute approximate surface area is 278 Å². The number of nitrogens with zero attached hydrogens (tertiary/aromatic N) is 1. The lowest BCUT2D eigenvalue weighted by atomic mass is 9.95. The zero-order chi connectivity index (χ0) is 34.4. The molecule has 0 radical (unpaired) electrons. The van der Waals surface area contributed by atoms with Crippen molar-refractivity contribution in [3.63, 3.8) is 0 Å². The number of rotatable bonds is 30. The Morgan fingerprint density at radius 2 is 1.07 bits per heavy atom. The molecule has 11 nitrogen and oxygen atoms in total. The van der Waals surface area contributed by atoms with Gasteiger partial charge in [-0.3, -0.25) is 19.4 Å². The lowest BCUT2D eigenvalue weighted by molar-refractivity contribution is -0.151. The molecule has 0 spiro atoms. The molecule has 0 aliphatic carbocycles. The first-order valence-corrected chi connectivity index (χ1v) is 18.0. The molecule has 0 heterocycles. The van der Waals surface area contributed by atoms with Gasteiger partial charge in [-0.1, -0.05) is 91.9 Å². The first kappa shape index (κ1) is 43.1. The van der Waals surface area contributed by atoms with Gasteiger partial charge in [-0.15, -0.1) is 0 Å². The minimum absolute atomic E-state index is 0.0511. The Kier molecular flexibility index (Phi) is 27.7. The molecule has 0 aliphatic heterocycles. The van der Waals surface area contributed by atoms with E-state index >= 15 is 0 Å². The van der Waals surface area contributed by atoms with Crippen molar-refractivity contribution in [1.82, 2.24) is 5.32 Å². The third kappa shape index (κ3) is 23.5. The number of guanidine groups is 1. The number of ether oxygens (including phenoxy) is 3. The normalized spacial score (nSPS) is 12.9. The average molecular weight is 655 g/mol. The van der Waals surface area contributed by atoms with E-state index in [1.807, 2.05) is 0 Å². The zero-order valence-electron chi connectivity index (χ0n) is 29.5. The van der Waals surface area contributed by atoms with Crippen LogP contribution in [0.4, 0.5) is 0 Å². The summed E-state index contributed by atoms with van der Waals surface area (Å²) in [6.45, 7) is 9.18.